The molecule has 2 rings (SSSR count). The number of hydrogen-bond acceptors (Lipinski definition) is 6. The molecular weight excluding hydrogens is 218 g/mol. The van der Waals surface area contributed by atoms with Crippen LogP contribution in [-0.2, 0) is 7.05 Å². The van der Waals surface area contributed by atoms with Crippen molar-refractivity contribution in [3.05, 3.63) is 0 Å². The predicted octanol–water partition coefficient (Wildman–Crippen LogP) is -1.07. The van der Waals surface area contributed by atoms with Crippen molar-refractivity contribution in [2.75, 3.05) is 44.2 Å². The Morgan fingerprint density at radius 2 is 2.00 bits per heavy atom. The summed E-state index contributed by atoms with van der Waals surface area (Å²) in [6.07, 6.45) is 0. The van der Waals surface area contributed by atoms with Crippen LogP contribution in [-0.4, -0.2) is 64.4 Å². The van der Waals surface area contributed by atoms with Gasteiger partial charge in [0.05, 0.1) is 0 Å². The Morgan fingerprint density at radius 3 is 2.53 bits per heavy atom. The van der Waals surface area contributed by atoms with Gasteiger partial charge in [-0.15, -0.1) is 0 Å². The molecule has 0 aromatic carbocycles. The molecule has 0 radical (unpaired) electrons. The molecule has 1 atom stereocenters. The fraction of sp³-hybridized carbons (Fsp3) is 0.900. The summed E-state index contributed by atoms with van der Waals surface area (Å²) in [6.45, 7) is 8.10. The summed E-state index contributed by atoms with van der Waals surface area (Å²) in [5.74, 6) is 1.43. The van der Waals surface area contributed by atoms with Crippen LogP contribution in [0.2, 0.25) is 0 Å². The van der Waals surface area contributed by atoms with Gasteiger partial charge in [0, 0.05) is 39.8 Å². The number of rotatable bonds is 4. The number of nitrogens with zero attached hydrogens (tertiary/aromatic N) is 6. The second-order valence-electron chi connectivity index (χ2n) is 4.73. The maximum atomic E-state index is 5.65. The second kappa shape index (κ2) is 5.42. The SMILES string of the molecule is CC(CN)CN1CCN(c2nnnn2C)CC1. The Bertz CT molecular complexity index is 342. The van der Waals surface area contributed by atoms with Gasteiger partial charge in [-0.1, -0.05) is 12.0 Å². The minimum Gasteiger partial charge on any atom is -0.337 e. The first-order valence-corrected chi connectivity index (χ1v) is 6.10. The fourth-order valence-electron chi connectivity index (χ4n) is 2.14. The van der Waals surface area contributed by atoms with Gasteiger partial charge in [-0.05, 0) is 22.9 Å². The lowest BCUT2D eigenvalue weighted by Crippen LogP contribution is -2.48. The van der Waals surface area contributed by atoms with Crippen LogP contribution in [0.3, 0.4) is 0 Å². The summed E-state index contributed by atoms with van der Waals surface area (Å²) >= 11 is 0. The molecule has 1 aromatic rings. The van der Waals surface area contributed by atoms with Gasteiger partial charge < -0.3 is 10.6 Å². The van der Waals surface area contributed by atoms with Crippen molar-refractivity contribution >= 4 is 5.95 Å². The summed E-state index contributed by atoms with van der Waals surface area (Å²) in [5, 5.41) is 11.6. The Balaban J connectivity index is 1.84. The van der Waals surface area contributed by atoms with Crippen LogP contribution in [0, 0.1) is 5.92 Å². The largest absolute Gasteiger partial charge is 0.337 e. The number of tetrazole rings is 1. The molecule has 0 saturated carbocycles. The molecule has 17 heavy (non-hydrogen) atoms. The summed E-state index contributed by atoms with van der Waals surface area (Å²) < 4.78 is 1.72. The highest BCUT2D eigenvalue weighted by atomic mass is 15.6. The highest BCUT2D eigenvalue weighted by molar-refractivity contribution is 5.28. The summed E-state index contributed by atoms with van der Waals surface area (Å²) in [5.41, 5.74) is 5.65. The van der Waals surface area contributed by atoms with Crippen molar-refractivity contribution < 1.29 is 0 Å². The van der Waals surface area contributed by atoms with E-state index < -0.39 is 0 Å². The first kappa shape index (κ1) is 12.3. The topological polar surface area (TPSA) is 76.1 Å². The van der Waals surface area contributed by atoms with Crippen molar-refractivity contribution in [1.29, 1.82) is 0 Å². The highest BCUT2D eigenvalue weighted by Gasteiger charge is 2.21. The molecule has 0 bridgehead atoms. The lowest BCUT2D eigenvalue weighted by molar-refractivity contribution is 0.226. The standard InChI is InChI=1S/C10H21N7/c1-9(7-11)8-16-3-5-17(6-4-16)10-12-13-14-15(10)2/h9H,3-8,11H2,1-2H3. The number of piperazine rings is 1. The van der Waals surface area contributed by atoms with Gasteiger partial charge in [-0.2, -0.15) is 0 Å². The van der Waals surface area contributed by atoms with Crippen molar-refractivity contribution in [2.24, 2.45) is 18.7 Å². The van der Waals surface area contributed by atoms with Crippen molar-refractivity contribution in [1.82, 2.24) is 25.1 Å². The molecule has 0 amide bonds. The van der Waals surface area contributed by atoms with Crippen molar-refractivity contribution in [2.45, 2.75) is 6.92 Å². The van der Waals surface area contributed by atoms with E-state index in [-0.39, 0.29) is 0 Å². The van der Waals surface area contributed by atoms with Gasteiger partial charge >= 0.3 is 0 Å². The molecule has 2 heterocycles. The Kier molecular flexibility index (Phi) is 3.90. The first-order valence-electron chi connectivity index (χ1n) is 6.10. The normalized spacial score (nSPS) is 19.6. The van der Waals surface area contributed by atoms with Gasteiger partial charge in [0.1, 0.15) is 0 Å². The number of hydrogen-bond donors (Lipinski definition) is 1. The minimum absolute atomic E-state index is 0.568. The molecule has 1 saturated heterocycles. The van der Waals surface area contributed by atoms with Gasteiger partial charge in [0.2, 0.25) is 5.95 Å². The number of anilines is 1. The van der Waals surface area contributed by atoms with E-state index in [0.717, 1.165) is 45.2 Å². The number of aryl methyl sites for hydroxylation is 1. The zero-order chi connectivity index (χ0) is 12.3. The average Bonchev–Trinajstić information content (AvgIpc) is 2.76. The molecule has 7 heteroatoms. The molecule has 1 aliphatic heterocycles. The molecule has 1 fully saturated rings. The summed E-state index contributed by atoms with van der Waals surface area (Å²) in [4.78, 5) is 4.68. The molecule has 1 aromatic heterocycles. The summed E-state index contributed by atoms with van der Waals surface area (Å²) in [6, 6.07) is 0. The maximum Gasteiger partial charge on any atom is 0.245 e. The van der Waals surface area contributed by atoms with E-state index in [4.69, 9.17) is 5.73 Å². The minimum atomic E-state index is 0.568. The highest BCUT2D eigenvalue weighted by Crippen LogP contribution is 2.11. The van der Waals surface area contributed by atoms with E-state index in [1.807, 2.05) is 7.05 Å². The lowest BCUT2D eigenvalue weighted by atomic mass is 10.1. The average molecular weight is 239 g/mol. The molecule has 7 nitrogen and oxygen atoms in total. The van der Waals surface area contributed by atoms with E-state index in [1.165, 1.54) is 0 Å². The third-order valence-corrected chi connectivity index (χ3v) is 3.23. The molecular formula is C10H21N7. The van der Waals surface area contributed by atoms with Crippen LogP contribution in [0.15, 0.2) is 0 Å². The van der Waals surface area contributed by atoms with Crippen LogP contribution >= 0.6 is 0 Å². The van der Waals surface area contributed by atoms with E-state index in [1.54, 1.807) is 4.68 Å². The van der Waals surface area contributed by atoms with Crippen LogP contribution in [0.25, 0.3) is 0 Å². The molecule has 96 valence electrons. The van der Waals surface area contributed by atoms with E-state index in [2.05, 4.69) is 32.2 Å². The van der Waals surface area contributed by atoms with Gasteiger partial charge in [0.25, 0.3) is 0 Å². The van der Waals surface area contributed by atoms with Crippen LogP contribution in [0.1, 0.15) is 6.92 Å². The molecule has 2 N–H and O–H groups in total. The fourth-order valence-corrected chi connectivity index (χ4v) is 2.14. The first-order chi connectivity index (χ1) is 8.20. The molecule has 1 unspecified atom stereocenters. The zero-order valence-electron chi connectivity index (χ0n) is 10.6. The van der Waals surface area contributed by atoms with Gasteiger partial charge in [-0.3, -0.25) is 4.90 Å². The Hall–Kier alpha value is -1.21. The molecule has 1 aliphatic rings. The monoisotopic (exact) mass is 239 g/mol. The second-order valence-corrected chi connectivity index (χ2v) is 4.73. The molecule has 0 aliphatic carbocycles. The van der Waals surface area contributed by atoms with Crippen molar-refractivity contribution in [3.8, 4) is 0 Å². The van der Waals surface area contributed by atoms with E-state index >= 15 is 0 Å². The van der Waals surface area contributed by atoms with Crippen LogP contribution in [0.5, 0.6) is 0 Å². The van der Waals surface area contributed by atoms with Gasteiger partial charge in [0.15, 0.2) is 0 Å². The van der Waals surface area contributed by atoms with Crippen molar-refractivity contribution in [3.63, 3.8) is 0 Å². The van der Waals surface area contributed by atoms with Gasteiger partial charge in [-0.25, -0.2) is 4.68 Å². The lowest BCUT2D eigenvalue weighted by Gasteiger charge is -2.35. The van der Waals surface area contributed by atoms with E-state index in [0.29, 0.717) is 5.92 Å². The molecule has 0 spiro atoms. The Labute approximate surface area is 102 Å². The third-order valence-electron chi connectivity index (χ3n) is 3.23. The third kappa shape index (κ3) is 2.92. The quantitative estimate of drug-likeness (QED) is 0.721. The predicted molar refractivity (Wildman–Crippen MR) is 65.7 cm³/mol. The Morgan fingerprint density at radius 1 is 1.29 bits per heavy atom. The maximum absolute atomic E-state index is 5.65. The smallest absolute Gasteiger partial charge is 0.245 e. The summed E-state index contributed by atoms with van der Waals surface area (Å²) in [7, 11) is 1.87. The van der Waals surface area contributed by atoms with Crippen LogP contribution in [0.4, 0.5) is 5.95 Å². The van der Waals surface area contributed by atoms with Crippen LogP contribution < -0.4 is 10.6 Å². The number of aromatic nitrogens is 4. The number of nitrogens with two attached hydrogens (primary N) is 1. The van der Waals surface area contributed by atoms with E-state index in [9.17, 15) is 0 Å². The zero-order valence-corrected chi connectivity index (χ0v) is 10.6.